The molecular weight excluding hydrogens is 269 g/mol. The van der Waals surface area contributed by atoms with Crippen LogP contribution in [0, 0.1) is 5.82 Å². The number of phenols is 1. The van der Waals surface area contributed by atoms with Crippen molar-refractivity contribution in [3.63, 3.8) is 0 Å². The van der Waals surface area contributed by atoms with Crippen LogP contribution in [0.3, 0.4) is 0 Å². The van der Waals surface area contributed by atoms with Gasteiger partial charge < -0.3 is 10.4 Å². The van der Waals surface area contributed by atoms with Gasteiger partial charge in [-0.05, 0) is 37.4 Å². The lowest BCUT2D eigenvalue weighted by Gasteiger charge is -2.24. The lowest BCUT2D eigenvalue weighted by Crippen LogP contribution is -2.35. The monoisotopic (exact) mass is 287 g/mol. The first-order valence-electron chi connectivity index (χ1n) is 6.33. The summed E-state index contributed by atoms with van der Waals surface area (Å²) in [5, 5.41) is 12.8. The molecule has 0 aliphatic carbocycles. The van der Waals surface area contributed by atoms with Gasteiger partial charge in [-0.2, -0.15) is 0 Å². The van der Waals surface area contributed by atoms with Crippen LogP contribution < -0.4 is 5.32 Å². The Bertz CT molecular complexity index is 565. The van der Waals surface area contributed by atoms with Crippen LogP contribution >= 0.6 is 0 Å². The molecule has 6 heteroatoms. The van der Waals surface area contributed by atoms with E-state index in [1.54, 1.807) is 0 Å². The van der Waals surface area contributed by atoms with Gasteiger partial charge in [0, 0.05) is 12.3 Å². The van der Waals surface area contributed by atoms with E-state index in [0.717, 1.165) is 32.1 Å². The van der Waals surface area contributed by atoms with E-state index in [-0.39, 0.29) is 6.04 Å². The minimum atomic E-state index is -3.77. The zero-order chi connectivity index (χ0) is 14.0. The normalized spacial score (nSPS) is 20.4. The second-order valence-corrected chi connectivity index (χ2v) is 6.96. The van der Waals surface area contributed by atoms with Crippen LogP contribution in [0.4, 0.5) is 4.39 Å². The van der Waals surface area contributed by atoms with E-state index < -0.39 is 26.3 Å². The van der Waals surface area contributed by atoms with Crippen LogP contribution in [0.5, 0.6) is 5.75 Å². The average molecular weight is 287 g/mol. The highest BCUT2D eigenvalue weighted by Gasteiger charge is 2.23. The van der Waals surface area contributed by atoms with Gasteiger partial charge in [0.25, 0.3) is 0 Å². The summed E-state index contributed by atoms with van der Waals surface area (Å²) in [6.45, 7) is 0.906. The molecule has 1 aliphatic heterocycles. The van der Waals surface area contributed by atoms with E-state index in [1.807, 2.05) is 0 Å². The van der Waals surface area contributed by atoms with Gasteiger partial charge in [-0.15, -0.1) is 0 Å². The summed E-state index contributed by atoms with van der Waals surface area (Å²) >= 11 is 0. The fourth-order valence-electron chi connectivity index (χ4n) is 2.46. The molecule has 1 heterocycles. The topological polar surface area (TPSA) is 66.4 Å². The molecule has 1 atom stereocenters. The molecule has 0 saturated carbocycles. The summed E-state index contributed by atoms with van der Waals surface area (Å²) < 4.78 is 37.2. The predicted molar refractivity (Wildman–Crippen MR) is 70.5 cm³/mol. The molecule has 0 spiro atoms. The van der Waals surface area contributed by atoms with E-state index in [2.05, 4.69) is 5.32 Å². The Labute approximate surface area is 112 Å². The number of rotatable bonds is 3. The Balaban J connectivity index is 2.32. The molecule has 1 unspecified atom stereocenters. The molecular formula is C13H18FNO3S. The number of phenolic OH excluding ortho intramolecular Hbond substituents is 1. The highest BCUT2D eigenvalue weighted by atomic mass is 32.2. The zero-order valence-electron chi connectivity index (χ0n) is 10.8. The van der Waals surface area contributed by atoms with Gasteiger partial charge >= 0.3 is 0 Å². The molecule has 4 nitrogen and oxygen atoms in total. The molecule has 1 saturated heterocycles. The second kappa shape index (κ2) is 5.46. The standard InChI is InChI=1S/C13H18FNO3S/c1-19(17,18)13-11(16)6-5-9(12(13)14)8-10-4-2-3-7-15-10/h5-6,10,15-16H,2-4,7-8H2,1H3. The summed E-state index contributed by atoms with van der Waals surface area (Å²) in [7, 11) is -3.77. The molecule has 19 heavy (non-hydrogen) atoms. The Morgan fingerprint density at radius 1 is 1.42 bits per heavy atom. The fraction of sp³-hybridized carbons (Fsp3) is 0.538. The lowest BCUT2D eigenvalue weighted by molar-refractivity contribution is 0.391. The minimum absolute atomic E-state index is 0.167. The van der Waals surface area contributed by atoms with Gasteiger partial charge in [-0.1, -0.05) is 12.5 Å². The molecule has 1 fully saturated rings. The average Bonchev–Trinajstić information content (AvgIpc) is 2.32. The van der Waals surface area contributed by atoms with E-state index >= 15 is 0 Å². The predicted octanol–water partition coefficient (Wildman–Crippen LogP) is 1.62. The lowest BCUT2D eigenvalue weighted by atomic mass is 9.97. The Morgan fingerprint density at radius 3 is 2.74 bits per heavy atom. The molecule has 106 valence electrons. The molecule has 0 aromatic heterocycles. The van der Waals surface area contributed by atoms with Crippen LogP contribution in [-0.4, -0.2) is 32.4 Å². The van der Waals surface area contributed by atoms with Gasteiger partial charge in [0.2, 0.25) is 0 Å². The van der Waals surface area contributed by atoms with Gasteiger partial charge in [-0.3, -0.25) is 0 Å². The third-order valence-corrected chi connectivity index (χ3v) is 4.54. The summed E-state index contributed by atoms with van der Waals surface area (Å²) in [6, 6.07) is 2.87. The molecule has 0 amide bonds. The van der Waals surface area contributed by atoms with Crippen molar-refractivity contribution >= 4 is 9.84 Å². The third-order valence-electron chi connectivity index (χ3n) is 3.41. The van der Waals surface area contributed by atoms with Crippen LogP contribution in [-0.2, 0) is 16.3 Å². The largest absolute Gasteiger partial charge is 0.506 e. The van der Waals surface area contributed by atoms with Crippen molar-refractivity contribution in [3.8, 4) is 5.75 Å². The van der Waals surface area contributed by atoms with E-state index in [0.29, 0.717) is 12.0 Å². The van der Waals surface area contributed by atoms with E-state index in [4.69, 9.17) is 0 Å². The maximum atomic E-state index is 14.2. The summed E-state index contributed by atoms with van der Waals surface area (Å²) in [5.41, 5.74) is 0.331. The maximum Gasteiger partial charge on any atom is 0.182 e. The fourth-order valence-corrected chi connectivity index (χ4v) is 3.37. The van der Waals surface area contributed by atoms with Crippen LogP contribution in [0.25, 0.3) is 0 Å². The molecule has 1 aromatic carbocycles. The third kappa shape index (κ3) is 3.25. The number of nitrogens with one attached hydrogen (secondary N) is 1. The van der Waals surface area contributed by atoms with E-state index in [9.17, 15) is 17.9 Å². The van der Waals surface area contributed by atoms with Gasteiger partial charge in [-0.25, -0.2) is 12.8 Å². The van der Waals surface area contributed by atoms with Gasteiger partial charge in [0.05, 0.1) is 0 Å². The van der Waals surface area contributed by atoms with Crippen molar-refractivity contribution < 1.29 is 17.9 Å². The first-order chi connectivity index (χ1) is 8.89. The van der Waals surface area contributed by atoms with Gasteiger partial charge in [0.1, 0.15) is 16.5 Å². The van der Waals surface area contributed by atoms with Crippen molar-refractivity contribution in [2.24, 2.45) is 0 Å². The highest BCUT2D eigenvalue weighted by molar-refractivity contribution is 7.90. The Morgan fingerprint density at radius 2 is 2.16 bits per heavy atom. The molecule has 1 aliphatic rings. The second-order valence-electron chi connectivity index (χ2n) is 5.01. The highest BCUT2D eigenvalue weighted by Crippen LogP contribution is 2.29. The molecule has 2 N–H and O–H groups in total. The zero-order valence-corrected chi connectivity index (χ0v) is 11.6. The molecule has 2 rings (SSSR count). The summed E-state index contributed by atoms with van der Waals surface area (Å²) in [5.74, 6) is -1.35. The molecule has 0 radical (unpaired) electrons. The first-order valence-corrected chi connectivity index (χ1v) is 8.22. The van der Waals surface area contributed by atoms with Gasteiger partial charge in [0.15, 0.2) is 9.84 Å². The van der Waals surface area contributed by atoms with Crippen molar-refractivity contribution in [3.05, 3.63) is 23.5 Å². The van der Waals surface area contributed by atoms with Crippen molar-refractivity contribution in [2.75, 3.05) is 12.8 Å². The van der Waals surface area contributed by atoms with Crippen LogP contribution in [0.15, 0.2) is 17.0 Å². The number of hydrogen-bond donors (Lipinski definition) is 2. The van der Waals surface area contributed by atoms with Crippen molar-refractivity contribution in [1.29, 1.82) is 0 Å². The van der Waals surface area contributed by atoms with Crippen LogP contribution in [0.2, 0.25) is 0 Å². The summed E-state index contributed by atoms with van der Waals surface area (Å²) in [6.07, 6.45) is 4.50. The number of halogens is 1. The summed E-state index contributed by atoms with van der Waals surface area (Å²) in [4.78, 5) is -0.596. The van der Waals surface area contributed by atoms with Crippen molar-refractivity contribution in [1.82, 2.24) is 5.32 Å². The molecule has 0 bridgehead atoms. The first kappa shape index (κ1) is 14.3. The van der Waals surface area contributed by atoms with Crippen molar-refractivity contribution in [2.45, 2.75) is 36.6 Å². The number of aromatic hydroxyl groups is 1. The Hall–Kier alpha value is -1.14. The van der Waals surface area contributed by atoms with E-state index in [1.165, 1.54) is 12.1 Å². The SMILES string of the molecule is CS(=O)(=O)c1c(O)ccc(CC2CCCCN2)c1F. The number of benzene rings is 1. The molecule has 1 aromatic rings. The quantitative estimate of drug-likeness (QED) is 0.886. The Kier molecular flexibility index (Phi) is 4.10. The number of sulfone groups is 1. The maximum absolute atomic E-state index is 14.2. The minimum Gasteiger partial charge on any atom is -0.506 e. The van der Waals surface area contributed by atoms with Crippen LogP contribution in [0.1, 0.15) is 24.8 Å². The number of hydrogen-bond acceptors (Lipinski definition) is 4. The smallest absolute Gasteiger partial charge is 0.182 e. The number of piperidine rings is 1.